The fourth-order valence-electron chi connectivity index (χ4n) is 2.35. The van der Waals surface area contributed by atoms with Gasteiger partial charge in [0.1, 0.15) is 5.82 Å². The summed E-state index contributed by atoms with van der Waals surface area (Å²) in [5.41, 5.74) is -5.43. The van der Waals surface area contributed by atoms with E-state index in [9.17, 15) is 30.8 Å². The number of anilines is 1. The van der Waals surface area contributed by atoms with Crippen LogP contribution < -0.4 is 5.32 Å². The van der Waals surface area contributed by atoms with Crippen molar-refractivity contribution in [3.8, 4) is 0 Å². The van der Waals surface area contributed by atoms with Gasteiger partial charge in [0.25, 0.3) is 15.7 Å². The minimum atomic E-state index is -5.52. The summed E-state index contributed by atoms with van der Waals surface area (Å²) in [5.74, 6) is -1.36. The van der Waals surface area contributed by atoms with Crippen molar-refractivity contribution in [2.24, 2.45) is 7.05 Å². The van der Waals surface area contributed by atoms with Gasteiger partial charge < -0.3 is 9.88 Å². The molecule has 1 amide bonds. The van der Waals surface area contributed by atoms with Crippen LogP contribution in [0.25, 0.3) is 0 Å². The molecule has 0 unspecified atom stereocenters. The van der Waals surface area contributed by atoms with Crippen molar-refractivity contribution in [1.82, 2.24) is 9.55 Å². The standard InChI is InChI=1S/C18H13F4N3O3S2/c1-25-9-8-23-17(25)29-15-7-4-12(19)10-14(15)24-16(26)11-2-5-13(6-3-11)30(27,28)18(20,21)22/h2-10H,1H3,(H,24,26). The number of sulfone groups is 1. The summed E-state index contributed by atoms with van der Waals surface area (Å²) in [4.78, 5) is 16.1. The van der Waals surface area contributed by atoms with Gasteiger partial charge in [-0.1, -0.05) is 0 Å². The summed E-state index contributed by atoms with van der Waals surface area (Å²) in [6.07, 6.45) is 3.28. The molecule has 2 aromatic carbocycles. The second kappa shape index (κ2) is 8.11. The topological polar surface area (TPSA) is 81.1 Å². The molecule has 12 heteroatoms. The van der Waals surface area contributed by atoms with Gasteiger partial charge in [-0.05, 0) is 54.2 Å². The van der Waals surface area contributed by atoms with Gasteiger partial charge >= 0.3 is 5.51 Å². The predicted molar refractivity (Wildman–Crippen MR) is 101 cm³/mol. The van der Waals surface area contributed by atoms with Gasteiger partial charge in [-0.15, -0.1) is 0 Å². The third-order valence-corrected chi connectivity index (χ3v) is 6.55. The number of hydrogen-bond donors (Lipinski definition) is 1. The number of aryl methyl sites for hydroxylation is 1. The van der Waals surface area contributed by atoms with E-state index in [2.05, 4.69) is 10.3 Å². The maximum atomic E-state index is 13.7. The van der Waals surface area contributed by atoms with Crippen molar-refractivity contribution in [3.63, 3.8) is 0 Å². The number of halogens is 4. The van der Waals surface area contributed by atoms with Gasteiger partial charge in [0.05, 0.1) is 10.6 Å². The molecule has 0 aliphatic heterocycles. The van der Waals surface area contributed by atoms with Gasteiger partial charge in [0.2, 0.25) is 0 Å². The summed E-state index contributed by atoms with van der Waals surface area (Å²) in [5, 5.41) is 3.06. The first-order valence-electron chi connectivity index (χ1n) is 8.16. The highest BCUT2D eigenvalue weighted by Crippen LogP contribution is 2.33. The summed E-state index contributed by atoms with van der Waals surface area (Å²) in [7, 11) is -3.76. The number of hydrogen-bond acceptors (Lipinski definition) is 5. The Hall–Kier alpha value is -2.86. The van der Waals surface area contributed by atoms with Crippen LogP contribution in [0.5, 0.6) is 0 Å². The van der Waals surface area contributed by atoms with Crippen molar-refractivity contribution in [3.05, 3.63) is 66.2 Å². The molecular weight excluding hydrogens is 446 g/mol. The summed E-state index contributed by atoms with van der Waals surface area (Å²) < 4.78 is 76.1. The highest BCUT2D eigenvalue weighted by atomic mass is 32.2. The smallest absolute Gasteiger partial charge is 0.329 e. The number of carbonyl (C=O) groups excluding carboxylic acids is 1. The molecule has 0 aliphatic carbocycles. The van der Waals surface area contributed by atoms with Crippen LogP contribution >= 0.6 is 11.8 Å². The van der Waals surface area contributed by atoms with Crippen LogP contribution in [0.1, 0.15) is 10.4 Å². The molecule has 1 aromatic heterocycles. The van der Waals surface area contributed by atoms with Gasteiger partial charge in [-0.2, -0.15) is 13.2 Å². The van der Waals surface area contributed by atoms with E-state index < -0.39 is 32.0 Å². The zero-order chi connectivity index (χ0) is 22.1. The van der Waals surface area contributed by atoms with E-state index in [1.807, 2.05) is 0 Å². The zero-order valence-electron chi connectivity index (χ0n) is 15.1. The lowest BCUT2D eigenvalue weighted by Gasteiger charge is -2.12. The lowest BCUT2D eigenvalue weighted by molar-refractivity contribution is -0.0436. The van der Waals surface area contributed by atoms with E-state index in [0.717, 1.165) is 18.2 Å². The average Bonchev–Trinajstić information content (AvgIpc) is 3.07. The van der Waals surface area contributed by atoms with Crippen LogP contribution in [0.4, 0.5) is 23.2 Å². The minimum absolute atomic E-state index is 0.103. The second-order valence-corrected chi connectivity index (χ2v) is 8.94. The Bertz CT molecular complexity index is 1190. The molecule has 3 rings (SSSR count). The Morgan fingerprint density at radius 3 is 2.37 bits per heavy atom. The minimum Gasteiger partial charge on any atom is -0.329 e. The predicted octanol–water partition coefficient (Wildman–Crippen LogP) is 4.26. The van der Waals surface area contributed by atoms with Crippen LogP contribution in [0.15, 0.2) is 69.8 Å². The fraction of sp³-hybridized carbons (Fsp3) is 0.111. The fourth-order valence-corrected chi connectivity index (χ4v) is 3.98. The third kappa shape index (κ3) is 4.49. The number of amides is 1. The van der Waals surface area contributed by atoms with E-state index in [1.165, 1.54) is 23.9 Å². The first kappa shape index (κ1) is 21.8. The van der Waals surface area contributed by atoms with E-state index in [1.54, 1.807) is 24.0 Å². The molecule has 0 fully saturated rings. The van der Waals surface area contributed by atoms with Crippen molar-refractivity contribution < 1.29 is 30.8 Å². The van der Waals surface area contributed by atoms with Gasteiger partial charge in [-0.3, -0.25) is 4.79 Å². The first-order chi connectivity index (χ1) is 14.0. The Morgan fingerprint density at radius 2 is 1.80 bits per heavy atom. The normalized spacial score (nSPS) is 12.0. The molecule has 0 saturated carbocycles. The van der Waals surface area contributed by atoms with Crippen molar-refractivity contribution in [1.29, 1.82) is 0 Å². The SMILES string of the molecule is Cn1ccnc1Sc1ccc(F)cc1NC(=O)c1ccc(S(=O)(=O)C(F)(F)F)cc1. The first-order valence-corrected chi connectivity index (χ1v) is 10.5. The Labute approximate surface area is 172 Å². The lowest BCUT2D eigenvalue weighted by atomic mass is 10.2. The molecule has 0 radical (unpaired) electrons. The van der Waals surface area contributed by atoms with E-state index >= 15 is 0 Å². The van der Waals surface area contributed by atoms with Crippen LogP contribution in [-0.2, 0) is 16.9 Å². The number of nitrogens with zero attached hydrogens (tertiary/aromatic N) is 2. The Morgan fingerprint density at radius 1 is 1.13 bits per heavy atom. The van der Waals surface area contributed by atoms with Crippen LogP contribution in [-0.4, -0.2) is 29.4 Å². The van der Waals surface area contributed by atoms with Crippen LogP contribution in [0.3, 0.4) is 0 Å². The molecule has 0 spiro atoms. The molecule has 6 nitrogen and oxygen atoms in total. The van der Waals surface area contributed by atoms with E-state index in [-0.39, 0.29) is 11.3 Å². The number of carbonyl (C=O) groups is 1. The molecular formula is C18H13F4N3O3S2. The monoisotopic (exact) mass is 459 g/mol. The molecule has 1 N–H and O–H groups in total. The number of nitrogens with one attached hydrogen (secondary N) is 1. The number of imidazole rings is 1. The van der Waals surface area contributed by atoms with E-state index in [4.69, 9.17) is 0 Å². The van der Waals surface area contributed by atoms with Gasteiger partial charge in [0, 0.05) is 29.9 Å². The summed E-state index contributed by atoms with van der Waals surface area (Å²) in [6.45, 7) is 0. The van der Waals surface area contributed by atoms with Gasteiger partial charge in [0.15, 0.2) is 5.16 Å². The number of rotatable bonds is 5. The van der Waals surface area contributed by atoms with Crippen LogP contribution in [0, 0.1) is 5.82 Å². The average molecular weight is 459 g/mol. The quantitative estimate of drug-likeness (QED) is 0.577. The van der Waals surface area contributed by atoms with Crippen molar-refractivity contribution >= 4 is 33.2 Å². The molecule has 0 aliphatic rings. The molecule has 0 atom stereocenters. The maximum absolute atomic E-state index is 13.7. The molecule has 30 heavy (non-hydrogen) atoms. The van der Waals surface area contributed by atoms with E-state index in [0.29, 0.717) is 22.2 Å². The Kier molecular flexibility index (Phi) is 5.90. The van der Waals surface area contributed by atoms with Gasteiger partial charge in [-0.25, -0.2) is 17.8 Å². The summed E-state index contributed by atoms with van der Waals surface area (Å²) in [6, 6.07) is 7.00. The second-order valence-electron chi connectivity index (χ2n) is 5.99. The summed E-state index contributed by atoms with van der Waals surface area (Å²) >= 11 is 1.17. The molecule has 158 valence electrons. The largest absolute Gasteiger partial charge is 0.501 e. The number of aromatic nitrogens is 2. The third-order valence-electron chi connectivity index (χ3n) is 3.90. The molecule has 1 heterocycles. The number of benzene rings is 2. The highest BCUT2D eigenvalue weighted by molar-refractivity contribution is 7.99. The number of alkyl halides is 3. The van der Waals surface area contributed by atoms with Crippen molar-refractivity contribution in [2.45, 2.75) is 20.5 Å². The molecule has 0 saturated heterocycles. The Balaban J connectivity index is 1.84. The lowest BCUT2D eigenvalue weighted by Crippen LogP contribution is -2.23. The highest BCUT2D eigenvalue weighted by Gasteiger charge is 2.46. The van der Waals surface area contributed by atoms with Crippen molar-refractivity contribution in [2.75, 3.05) is 5.32 Å². The molecule has 0 bridgehead atoms. The molecule has 3 aromatic rings. The maximum Gasteiger partial charge on any atom is 0.501 e. The zero-order valence-corrected chi connectivity index (χ0v) is 16.8. The van der Waals surface area contributed by atoms with Crippen LogP contribution in [0.2, 0.25) is 0 Å².